The second kappa shape index (κ2) is 10.4. The van der Waals surface area contributed by atoms with E-state index < -0.39 is 5.60 Å². The summed E-state index contributed by atoms with van der Waals surface area (Å²) in [5.74, 6) is 1.08. The lowest BCUT2D eigenvalue weighted by Crippen LogP contribution is -2.50. The summed E-state index contributed by atoms with van der Waals surface area (Å²) < 4.78 is 17.1. The molecule has 0 bridgehead atoms. The second-order valence-electron chi connectivity index (χ2n) is 8.59. The summed E-state index contributed by atoms with van der Waals surface area (Å²) in [7, 11) is 0. The van der Waals surface area contributed by atoms with E-state index in [0.29, 0.717) is 26.3 Å². The number of amides is 1. The molecule has 0 atom stereocenters. The lowest BCUT2D eigenvalue weighted by molar-refractivity contribution is 0.00792. The van der Waals surface area contributed by atoms with Crippen molar-refractivity contribution in [3.8, 4) is 5.75 Å². The van der Waals surface area contributed by atoms with Gasteiger partial charge in [0.15, 0.2) is 0 Å². The highest BCUT2D eigenvalue weighted by Crippen LogP contribution is 2.33. The molecule has 0 saturated carbocycles. The number of carbonyl (C=O) groups is 1. The fourth-order valence-corrected chi connectivity index (χ4v) is 3.24. The Balaban J connectivity index is 1.36. The first-order chi connectivity index (χ1) is 14.4. The molecule has 2 aromatic rings. The molecule has 6 nitrogen and oxygen atoms in total. The largest absolute Gasteiger partial charge is 0.493 e. The Labute approximate surface area is 179 Å². The number of unbranched alkanes of at least 4 members (excludes halogenated alkanes) is 1. The van der Waals surface area contributed by atoms with Crippen LogP contribution in [0.3, 0.4) is 0 Å². The summed E-state index contributed by atoms with van der Waals surface area (Å²) in [6.45, 7) is 8.88. The average molecular weight is 413 g/mol. The number of hydrogen-bond donors (Lipinski definition) is 0. The highest BCUT2D eigenvalue weighted by molar-refractivity contribution is 5.69. The molecule has 1 aromatic carbocycles. The fraction of sp³-hybridized carbons (Fsp3) is 0.500. The lowest BCUT2D eigenvalue weighted by atomic mass is 9.92. The molecule has 6 heteroatoms. The topological polar surface area (TPSA) is 60.9 Å². The standard InChI is InChI=1S/C24H32N2O4/c1-24(2,3)30-23(27)26-16-20(17-26)21-15-25-12-11-22(21)29-14-8-7-13-28-18-19-9-5-4-6-10-19/h4-6,9-12,15,20H,7-8,13-14,16-18H2,1-3H3. The van der Waals surface area contributed by atoms with Crippen molar-refractivity contribution >= 4 is 6.09 Å². The van der Waals surface area contributed by atoms with E-state index in [4.69, 9.17) is 14.2 Å². The molecule has 1 aliphatic heterocycles. The maximum atomic E-state index is 12.1. The normalized spacial score (nSPS) is 14.3. The van der Waals surface area contributed by atoms with E-state index in [2.05, 4.69) is 17.1 Å². The first-order valence-electron chi connectivity index (χ1n) is 10.6. The van der Waals surface area contributed by atoms with E-state index in [9.17, 15) is 4.79 Å². The lowest BCUT2D eigenvalue weighted by Gasteiger charge is -2.40. The highest BCUT2D eigenvalue weighted by atomic mass is 16.6. The molecule has 1 aromatic heterocycles. The van der Waals surface area contributed by atoms with Crippen molar-refractivity contribution in [2.75, 3.05) is 26.3 Å². The van der Waals surface area contributed by atoms with Crippen LogP contribution in [0.4, 0.5) is 4.79 Å². The Bertz CT molecular complexity index is 798. The maximum Gasteiger partial charge on any atom is 0.410 e. The van der Waals surface area contributed by atoms with Gasteiger partial charge in [-0.1, -0.05) is 30.3 Å². The molecule has 1 amide bonds. The summed E-state index contributed by atoms with van der Waals surface area (Å²) in [6.07, 6.45) is 5.19. The molecule has 0 N–H and O–H groups in total. The van der Waals surface area contributed by atoms with Crippen LogP contribution in [-0.4, -0.2) is 47.9 Å². The quantitative estimate of drug-likeness (QED) is 0.554. The number of pyridine rings is 1. The molecule has 0 aliphatic carbocycles. The molecular weight excluding hydrogens is 380 g/mol. The Hall–Kier alpha value is -2.60. The fourth-order valence-electron chi connectivity index (χ4n) is 3.24. The third-order valence-electron chi connectivity index (χ3n) is 4.84. The van der Waals surface area contributed by atoms with Gasteiger partial charge in [0.2, 0.25) is 0 Å². The van der Waals surface area contributed by atoms with E-state index in [0.717, 1.165) is 30.8 Å². The van der Waals surface area contributed by atoms with Crippen molar-refractivity contribution in [3.05, 3.63) is 59.9 Å². The van der Waals surface area contributed by atoms with Crippen molar-refractivity contribution in [1.82, 2.24) is 9.88 Å². The van der Waals surface area contributed by atoms with Gasteiger partial charge in [0.1, 0.15) is 11.4 Å². The van der Waals surface area contributed by atoms with Crippen LogP contribution in [0, 0.1) is 0 Å². The van der Waals surface area contributed by atoms with Gasteiger partial charge in [-0.15, -0.1) is 0 Å². The number of likely N-dealkylation sites (tertiary alicyclic amines) is 1. The summed E-state index contributed by atoms with van der Waals surface area (Å²) in [5, 5.41) is 0. The predicted octanol–water partition coefficient (Wildman–Crippen LogP) is 4.79. The first kappa shape index (κ1) is 22.1. The van der Waals surface area contributed by atoms with Gasteiger partial charge in [-0.3, -0.25) is 4.98 Å². The van der Waals surface area contributed by atoms with Crippen LogP contribution >= 0.6 is 0 Å². The van der Waals surface area contributed by atoms with Gasteiger partial charge in [0.25, 0.3) is 0 Å². The number of carbonyl (C=O) groups excluding carboxylic acids is 1. The van der Waals surface area contributed by atoms with Gasteiger partial charge in [-0.05, 0) is 45.2 Å². The Morgan fingerprint density at radius 3 is 2.57 bits per heavy atom. The zero-order valence-electron chi connectivity index (χ0n) is 18.2. The predicted molar refractivity (Wildman–Crippen MR) is 116 cm³/mol. The molecular formula is C24H32N2O4. The van der Waals surface area contributed by atoms with Gasteiger partial charge in [-0.2, -0.15) is 0 Å². The molecule has 0 spiro atoms. The van der Waals surface area contributed by atoms with E-state index in [1.165, 1.54) is 5.56 Å². The molecule has 162 valence electrons. The molecule has 0 unspecified atom stereocenters. The highest BCUT2D eigenvalue weighted by Gasteiger charge is 2.36. The van der Waals surface area contributed by atoms with Crippen LogP contribution in [0.15, 0.2) is 48.8 Å². The SMILES string of the molecule is CC(C)(C)OC(=O)N1CC(c2cnccc2OCCCCOCc2ccccc2)C1. The average Bonchev–Trinajstić information content (AvgIpc) is 2.66. The van der Waals surface area contributed by atoms with Gasteiger partial charge >= 0.3 is 6.09 Å². The van der Waals surface area contributed by atoms with Crippen LogP contribution in [-0.2, 0) is 16.1 Å². The van der Waals surface area contributed by atoms with Crippen LogP contribution in [0.2, 0.25) is 0 Å². The minimum Gasteiger partial charge on any atom is -0.493 e. The third kappa shape index (κ3) is 6.73. The van der Waals surface area contributed by atoms with Crippen molar-refractivity contribution in [3.63, 3.8) is 0 Å². The number of rotatable bonds is 9. The number of benzene rings is 1. The van der Waals surface area contributed by atoms with Crippen LogP contribution in [0.5, 0.6) is 5.75 Å². The number of hydrogen-bond acceptors (Lipinski definition) is 5. The summed E-state index contributed by atoms with van der Waals surface area (Å²) in [5.41, 5.74) is 1.77. The van der Waals surface area contributed by atoms with E-state index in [-0.39, 0.29) is 12.0 Å². The van der Waals surface area contributed by atoms with E-state index >= 15 is 0 Å². The number of aromatic nitrogens is 1. The third-order valence-corrected chi connectivity index (χ3v) is 4.84. The van der Waals surface area contributed by atoms with E-state index in [1.807, 2.05) is 51.2 Å². The summed E-state index contributed by atoms with van der Waals surface area (Å²) in [4.78, 5) is 18.1. The molecule has 3 rings (SSSR count). The van der Waals surface area contributed by atoms with Crippen molar-refractivity contribution in [1.29, 1.82) is 0 Å². The molecule has 1 fully saturated rings. The van der Waals surface area contributed by atoms with Crippen molar-refractivity contribution in [2.24, 2.45) is 0 Å². The second-order valence-corrected chi connectivity index (χ2v) is 8.59. The number of nitrogens with zero attached hydrogens (tertiary/aromatic N) is 2. The van der Waals surface area contributed by atoms with Gasteiger partial charge < -0.3 is 19.1 Å². The van der Waals surface area contributed by atoms with Crippen molar-refractivity contribution < 1.29 is 19.0 Å². The number of ether oxygens (including phenoxy) is 3. The zero-order chi connectivity index (χ0) is 21.4. The van der Waals surface area contributed by atoms with Crippen LogP contribution in [0.25, 0.3) is 0 Å². The molecule has 2 heterocycles. The van der Waals surface area contributed by atoms with Crippen molar-refractivity contribution in [2.45, 2.75) is 51.7 Å². The molecule has 30 heavy (non-hydrogen) atoms. The monoisotopic (exact) mass is 412 g/mol. The summed E-state index contributed by atoms with van der Waals surface area (Å²) >= 11 is 0. The smallest absolute Gasteiger partial charge is 0.410 e. The van der Waals surface area contributed by atoms with Gasteiger partial charge in [0.05, 0.1) is 13.2 Å². The molecule has 1 aliphatic rings. The van der Waals surface area contributed by atoms with Crippen LogP contribution in [0.1, 0.15) is 50.7 Å². The molecule has 0 radical (unpaired) electrons. The van der Waals surface area contributed by atoms with Gasteiger partial charge in [-0.25, -0.2) is 4.79 Å². The van der Waals surface area contributed by atoms with Gasteiger partial charge in [0, 0.05) is 43.6 Å². The summed E-state index contributed by atoms with van der Waals surface area (Å²) in [6, 6.07) is 12.1. The Morgan fingerprint density at radius 1 is 1.10 bits per heavy atom. The zero-order valence-corrected chi connectivity index (χ0v) is 18.2. The first-order valence-corrected chi connectivity index (χ1v) is 10.6. The van der Waals surface area contributed by atoms with E-state index in [1.54, 1.807) is 11.1 Å². The Morgan fingerprint density at radius 2 is 1.83 bits per heavy atom. The molecule has 1 saturated heterocycles. The Kier molecular flexibility index (Phi) is 7.69. The maximum absolute atomic E-state index is 12.1. The minimum atomic E-state index is -0.477. The minimum absolute atomic E-state index is 0.232. The van der Waals surface area contributed by atoms with Crippen LogP contribution < -0.4 is 4.74 Å².